The molecule has 3 N–H and O–H groups in total. The van der Waals surface area contributed by atoms with Crippen LogP contribution in [0.5, 0.6) is 0 Å². The number of sulfonamides is 1. The first-order chi connectivity index (χ1) is 7.83. The molecule has 1 rings (SSSR count). The summed E-state index contributed by atoms with van der Waals surface area (Å²) in [6.45, 7) is 6.98. The van der Waals surface area contributed by atoms with Crippen molar-refractivity contribution in [3.05, 3.63) is 15.6 Å². The van der Waals surface area contributed by atoms with Gasteiger partial charge in [0, 0.05) is 10.9 Å². The molecule has 17 heavy (non-hydrogen) atoms. The molecule has 0 radical (unpaired) electrons. The summed E-state index contributed by atoms with van der Waals surface area (Å²) in [5, 5.41) is 8.92. The maximum absolute atomic E-state index is 11.0. The SMILES string of the molecule is CCCNC(C)c1sc(CS(N)(=O)=O)nc1C. The molecule has 1 atom stereocenters. The summed E-state index contributed by atoms with van der Waals surface area (Å²) in [4.78, 5) is 5.33. The number of rotatable bonds is 6. The molecule has 0 aliphatic rings. The lowest BCUT2D eigenvalue weighted by molar-refractivity contribution is 0.575. The van der Waals surface area contributed by atoms with Crippen molar-refractivity contribution in [2.24, 2.45) is 5.14 Å². The first kappa shape index (κ1) is 14.6. The lowest BCUT2D eigenvalue weighted by Gasteiger charge is -2.11. The van der Waals surface area contributed by atoms with Gasteiger partial charge >= 0.3 is 0 Å². The Bertz CT molecular complexity index is 468. The number of hydrogen-bond acceptors (Lipinski definition) is 5. The van der Waals surface area contributed by atoms with E-state index in [0.29, 0.717) is 5.01 Å². The minimum Gasteiger partial charge on any atom is -0.309 e. The highest BCUT2D eigenvalue weighted by atomic mass is 32.2. The summed E-state index contributed by atoms with van der Waals surface area (Å²) in [7, 11) is -3.50. The Hall–Kier alpha value is -0.500. The number of aryl methyl sites for hydroxylation is 1. The summed E-state index contributed by atoms with van der Waals surface area (Å²) in [5.74, 6) is -0.182. The Kier molecular flexibility index (Phi) is 5.05. The van der Waals surface area contributed by atoms with E-state index in [4.69, 9.17) is 5.14 Å². The first-order valence-corrected chi connectivity index (χ1v) is 8.06. The van der Waals surface area contributed by atoms with Crippen molar-refractivity contribution in [2.75, 3.05) is 6.54 Å². The molecule has 0 bridgehead atoms. The normalized spacial score (nSPS) is 13.9. The zero-order valence-electron chi connectivity index (χ0n) is 10.4. The summed E-state index contributed by atoms with van der Waals surface area (Å²) in [5.41, 5.74) is 0.879. The molecule has 1 aromatic rings. The minimum absolute atomic E-state index is 0.182. The molecule has 0 saturated heterocycles. The minimum atomic E-state index is -3.50. The first-order valence-electron chi connectivity index (χ1n) is 5.53. The van der Waals surface area contributed by atoms with Gasteiger partial charge in [-0.2, -0.15) is 0 Å². The Labute approximate surface area is 106 Å². The topological polar surface area (TPSA) is 85.1 Å². The van der Waals surface area contributed by atoms with Crippen LogP contribution in [-0.2, 0) is 15.8 Å². The average Bonchev–Trinajstić information content (AvgIpc) is 2.53. The molecule has 0 saturated carbocycles. The number of nitrogens with two attached hydrogens (primary N) is 1. The fraction of sp³-hybridized carbons (Fsp3) is 0.700. The molecular formula is C10H19N3O2S2. The molecule has 0 amide bonds. The lowest BCUT2D eigenvalue weighted by atomic mass is 10.2. The van der Waals surface area contributed by atoms with Gasteiger partial charge in [0.05, 0.1) is 5.69 Å². The van der Waals surface area contributed by atoms with Crippen molar-refractivity contribution < 1.29 is 8.42 Å². The van der Waals surface area contributed by atoms with Gasteiger partial charge in [-0.15, -0.1) is 11.3 Å². The summed E-state index contributed by atoms with van der Waals surface area (Å²) in [6.07, 6.45) is 1.06. The second-order valence-corrected chi connectivity index (χ2v) is 6.77. The van der Waals surface area contributed by atoms with E-state index in [0.717, 1.165) is 23.5 Å². The molecule has 5 nitrogen and oxygen atoms in total. The second-order valence-electron chi connectivity index (χ2n) is 4.04. The maximum atomic E-state index is 11.0. The van der Waals surface area contributed by atoms with Gasteiger partial charge in [-0.3, -0.25) is 0 Å². The molecule has 0 fully saturated rings. The van der Waals surface area contributed by atoms with E-state index in [1.165, 1.54) is 11.3 Å². The smallest absolute Gasteiger partial charge is 0.215 e. The van der Waals surface area contributed by atoms with Crippen LogP contribution in [0.4, 0.5) is 0 Å². The van der Waals surface area contributed by atoms with Crippen LogP contribution in [0.3, 0.4) is 0 Å². The largest absolute Gasteiger partial charge is 0.309 e. The number of nitrogens with zero attached hydrogens (tertiary/aromatic N) is 1. The number of hydrogen-bond donors (Lipinski definition) is 2. The molecule has 1 unspecified atom stereocenters. The predicted molar refractivity (Wildman–Crippen MR) is 70.4 cm³/mol. The van der Waals surface area contributed by atoms with Crippen LogP contribution in [0.1, 0.15) is 41.9 Å². The summed E-state index contributed by atoms with van der Waals surface area (Å²) >= 11 is 1.41. The second kappa shape index (κ2) is 5.90. The molecule has 0 spiro atoms. The van der Waals surface area contributed by atoms with Crippen LogP contribution in [0.25, 0.3) is 0 Å². The van der Waals surface area contributed by atoms with Gasteiger partial charge in [0.2, 0.25) is 10.0 Å². The predicted octanol–water partition coefficient (Wildman–Crippen LogP) is 1.30. The van der Waals surface area contributed by atoms with Crippen molar-refractivity contribution in [2.45, 2.75) is 39.0 Å². The van der Waals surface area contributed by atoms with Crippen molar-refractivity contribution in [1.82, 2.24) is 10.3 Å². The van der Waals surface area contributed by atoms with Gasteiger partial charge in [0.15, 0.2) is 0 Å². The van der Waals surface area contributed by atoms with Crippen molar-refractivity contribution in [3.8, 4) is 0 Å². The highest BCUT2D eigenvalue weighted by molar-refractivity contribution is 7.88. The van der Waals surface area contributed by atoms with Crippen LogP contribution >= 0.6 is 11.3 Å². The third-order valence-electron chi connectivity index (χ3n) is 2.30. The van der Waals surface area contributed by atoms with E-state index in [2.05, 4.69) is 24.1 Å². The lowest BCUT2D eigenvalue weighted by Crippen LogP contribution is -2.18. The molecule has 0 aliphatic heterocycles. The van der Waals surface area contributed by atoms with Crippen LogP contribution < -0.4 is 10.5 Å². The third-order valence-corrected chi connectivity index (χ3v) is 4.49. The van der Waals surface area contributed by atoms with E-state index >= 15 is 0 Å². The molecule has 98 valence electrons. The number of thiazole rings is 1. The fourth-order valence-electron chi connectivity index (χ4n) is 1.55. The Morgan fingerprint density at radius 3 is 2.71 bits per heavy atom. The van der Waals surface area contributed by atoms with Gasteiger partial charge in [0.25, 0.3) is 0 Å². The fourth-order valence-corrected chi connectivity index (χ4v) is 3.58. The van der Waals surface area contributed by atoms with E-state index in [1.54, 1.807) is 0 Å². The van der Waals surface area contributed by atoms with Gasteiger partial charge in [-0.1, -0.05) is 6.92 Å². The monoisotopic (exact) mass is 277 g/mol. The Morgan fingerprint density at radius 1 is 1.53 bits per heavy atom. The van der Waals surface area contributed by atoms with Gasteiger partial charge < -0.3 is 5.32 Å². The Balaban J connectivity index is 2.81. The highest BCUT2D eigenvalue weighted by Crippen LogP contribution is 2.25. The van der Waals surface area contributed by atoms with E-state index < -0.39 is 10.0 Å². The summed E-state index contributed by atoms with van der Waals surface area (Å²) < 4.78 is 22.0. The van der Waals surface area contributed by atoms with Crippen LogP contribution in [0.15, 0.2) is 0 Å². The quantitative estimate of drug-likeness (QED) is 0.820. The molecule has 0 aliphatic carbocycles. The maximum Gasteiger partial charge on any atom is 0.215 e. The summed E-state index contributed by atoms with van der Waals surface area (Å²) in [6, 6.07) is 0.196. The van der Waals surface area contributed by atoms with Crippen molar-refractivity contribution >= 4 is 21.4 Å². The third kappa shape index (κ3) is 4.71. The molecular weight excluding hydrogens is 258 g/mol. The van der Waals surface area contributed by atoms with Crippen LogP contribution in [0, 0.1) is 6.92 Å². The van der Waals surface area contributed by atoms with Gasteiger partial charge in [-0.25, -0.2) is 18.5 Å². The molecule has 1 aromatic heterocycles. The highest BCUT2D eigenvalue weighted by Gasteiger charge is 2.16. The van der Waals surface area contributed by atoms with Crippen molar-refractivity contribution in [1.29, 1.82) is 0 Å². The van der Waals surface area contributed by atoms with Crippen molar-refractivity contribution in [3.63, 3.8) is 0 Å². The number of aromatic nitrogens is 1. The average molecular weight is 277 g/mol. The van der Waals surface area contributed by atoms with E-state index in [1.807, 2.05) is 6.92 Å². The molecule has 0 aromatic carbocycles. The zero-order chi connectivity index (χ0) is 13.1. The molecule has 7 heteroatoms. The van der Waals surface area contributed by atoms with Gasteiger partial charge in [-0.05, 0) is 26.8 Å². The number of nitrogens with one attached hydrogen (secondary N) is 1. The van der Waals surface area contributed by atoms with E-state index in [9.17, 15) is 8.42 Å². The Morgan fingerprint density at radius 2 is 2.18 bits per heavy atom. The van der Waals surface area contributed by atoms with Crippen LogP contribution in [0.2, 0.25) is 0 Å². The van der Waals surface area contributed by atoms with E-state index in [-0.39, 0.29) is 11.8 Å². The molecule has 1 heterocycles. The standard InChI is InChI=1S/C10H19N3O2S2/c1-4-5-12-7(2)10-8(3)13-9(16-10)6-17(11,14)15/h7,12H,4-6H2,1-3H3,(H2,11,14,15). The number of primary sulfonamides is 1. The zero-order valence-corrected chi connectivity index (χ0v) is 12.0. The van der Waals surface area contributed by atoms with Gasteiger partial charge in [0.1, 0.15) is 10.8 Å². The van der Waals surface area contributed by atoms with Crippen LogP contribution in [-0.4, -0.2) is 19.9 Å².